The molecule has 0 spiro atoms. The van der Waals surface area contributed by atoms with Crippen LogP contribution in [0.5, 0.6) is 23.0 Å². The number of ether oxygens (including phenoxy) is 2. The maximum atomic E-state index is 6.98. The highest BCUT2D eigenvalue weighted by atomic mass is 16.5. The Morgan fingerprint density at radius 2 is 1.10 bits per heavy atom. The van der Waals surface area contributed by atoms with Gasteiger partial charge in [0, 0.05) is 39.1 Å². The summed E-state index contributed by atoms with van der Waals surface area (Å²) in [6, 6.07) is 50.4. The Morgan fingerprint density at radius 1 is 0.490 bits per heavy atom. The van der Waals surface area contributed by atoms with Gasteiger partial charge >= 0.3 is 0 Å². The summed E-state index contributed by atoms with van der Waals surface area (Å²) in [5, 5.41) is 2.54. The molecular weight excluding hydrogens is 598 g/mol. The lowest BCUT2D eigenvalue weighted by Gasteiger charge is -2.47. The molecule has 4 aliphatic rings. The molecule has 0 saturated carbocycles. The minimum Gasteiger partial charge on any atom is -0.458 e. The number of nitrogens with zero attached hydrogens (tertiary/aromatic N) is 2. The molecule has 0 saturated heterocycles. The SMILES string of the molecule is Cc1c2c3c4c5c1Oc1ccccc1B5c1c(ccc5c1c1ccccc1n5-c1ccccc1)N4c1ccccc1B3c1ccccc1O2. The third-order valence-corrected chi connectivity index (χ3v) is 11.3. The van der Waals surface area contributed by atoms with E-state index >= 15 is 0 Å². The molecule has 0 bridgehead atoms. The van der Waals surface area contributed by atoms with Gasteiger partial charge in [-0.05, 0) is 88.2 Å². The molecule has 226 valence electrons. The second kappa shape index (κ2) is 9.06. The molecular formula is C43H26B2N2O2. The maximum Gasteiger partial charge on any atom is 0.257 e. The molecule has 0 amide bonds. The van der Waals surface area contributed by atoms with Crippen molar-refractivity contribution in [2.24, 2.45) is 0 Å². The molecule has 0 fully saturated rings. The number of hydrogen-bond donors (Lipinski definition) is 0. The van der Waals surface area contributed by atoms with Crippen LogP contribution in [0.1, 0.15) is 5.56 Å². The van der Waals surface area contributed by atoms with Crippen molar-refractivity contribution < 1.29 is 9.47 Å². The van der Waals surface area contributed by atoms with Crippen LogP contribution >= 0.6 is 0 Å². The third-order valence-electron chi connectivity index (χ3n) is 11.3. The first-order chi connectivity index (χ1) is 24.3. The lowest BCUT2D eigenvalue weighted by atomic mass is 9.29. The van der Waals surface area contributed by atoms with E-state index in [1.807, 2.05) is 0 Å². The van der Waals surface area contributed by atoms with E-state index in [2.05, 4.69) is 156 Å². The van der Waals surface area contributed by atoms with Gasteiger partial charge in [-0.3, -0.25) is 0 Å². The van der Waals surface area contributed by atoms with Crippen molar-refractivity contribution in [2.75, 3.05) is 4.90 Å². The maximum absolute atomic E-state index is 6.98. The van der Waals surface area contributed by atoms with E-state index in [1.54, 1.807) is 0 Å². The molecule has 0 N–H and O–H groups in total. The Bertz CT molecular complexity index is 2770. The number of hydrogen-bond acceptors (Lipinski definition) is 3. The fraction of sp³-hybridized carbons (Fsp3) is 0.0233. The van der Waals surface area contributed by atoms with Crippen molar-refractivity contribution in [3.8, 4) is 28.7 Å². The molecule has 4 nitrogen and oxygen atoms in total. The Hall–Kier alpha value is -6.13. The van der Waals surface area contributed by atoms with Crippen LogP contribution in [0.3, 0.4) is 0 Å². The summed E-state index contributed by atoms with van der Waals surface area (Å²) in [5.74, 6) is 3.65. The van der Waals surface area contributed by atoms with Gasteiger partial charge in [0.05, 0.1) is 11.0 Å². The summed E-state index contributed by atoms with van der Waals surface area (Å²) < 4.78 is 16.3. The van der Waals surface area contributed by atoms with E-state index in [0.29, 0.717) is 0 Å². The zero-order chi connectivity index (χ0) is 32.0. The summed E-state index contributed by atoms with van der Waals surface area (Å²) >= 11 is 0. The van der Waals surface area contributed by atoms with E-state index in [0.717, 1.165) is 34.2 Å². The zero-order valence-electron chi connectivity index (χ0n) is 26.6. The Kier molecular flexibility index (Phi) is 4.79. The molecule has 49 heavy (non-hydrogen) atoms. The van der Waals surface area contributed by atoms with Gasteiger partial charge in [0.1, 0.15) is 23.0 Å². The molecule has 8 aromatic rings. The van der Waals surface area contributed by atoms with Crippen LogP contribution in [-0.2, 0) is 0 Å². The van der Waals surface area contributed by atoms with Gasteiger partial charge < -0.3 is 18.9 Å². The first-order valence-corrected chi connectivity index (χ1v) is 17.0. The highest BCUT2D eigenvalue weighted by molar-refractivity contribution is 7.04. The van der Waals surface area contributed by atoms with Gasteiger partial charge in [0.15, 0.2) is 0 Å². The van der Waals surface area contributed by atoms with Crippen molar-refractivity contribution >= 4 is 85.1 Å². The fourth-order valence-corrected chi connectivity index (χ4v) is 9.41. The summed E-state index contributed by atoms with van der Waals surface area (Å²) in [4.78, 5) is 2.53. The van der Waals surface area contributed by atoms with Crippen LogP contribution in [0, 0.1) is 6.92 Å². The molecule has 1 aromatic heterocycles. The van der Waals surface area contributed by atoms with Crippen LogP contribution in [0.15, 0.2) is 140 Å². The van der Waals surface area contributed by atoms with Crippen LogP contribution in [-0.4, -0.2) is 18.0 Å². The van der Waals surface area contributed by atoms with Crippen molar-refractivity contribution in [3.05, 3.63) is 145 Å². The van der Waals surface area contributed by atoms with Crippen molar-refractivity contribution in [3.63, 3.8) is 0 Å². The van der Waals surface area contributed by atoms with Crippen molar-refractivity contribution in [1.82, 2.24) is 4.57 Å². The number of para-hydroxylation sites is 5. The van der Waals surface area contributed by atoms with Crippen LogP contribution in [0.25, 0.3) is 27.5 Å². The molecule has 0 aliphatic carbocycles. The predicted molar refractivity (Wildman–Crippen MR) is 203 cm³/mol. The predicted octanol–water partition coefficient (Wildman–Crippen LogP) is 6.43. The average molecular weight is 624 g/mol. The molecule has 5 heterocycles. The Balaban J connectivity index is 1.29. The van der Waals surface area contributed by atoms with E-state index in [9.17, 15) is 0 Å². The quantitative estimate of drug-likeness (QED) is 0.197. The van der Waals surface area contributed by atoms with Crippen LogP contribution in [0.2, 0.25) is 0 Å². The monoisotopic (exact) mass is 624 g/mol. The van der Waals surface area contributed by atoms with Gasteiger partial charge in [0.2, 0.25) is 0 Å². The van der Waals surface area contributed by atoms with Crippen LogP contribution < -0.4 is 47.2 Å². The molecule has 6 heteroatoms. The highest BCUT2D eigenvalue weighted by Gasteiger charge is 2.51. The number of aromatic nitrogens is 1. The summed E-state index contributed by atoms with van der Waals surface area (Å²) in [5.41, 5.74) is 15.7. The van der Waals surface area contributed by atoms with Gasteiger partial charge in [-0.2, -0.15) is 0 Å². The summed E-state index contributed by atoms with van der Waals surface area (Å²) in [6.07, 6.45) is 0. The molecule has 4 aliphatic heterocycles. The highest BCUT2D eigenvalue weighted by Crippen LogP contribution is 2.48. The third kappa shape index (κ3) is 3.09. The number of fused-ring (bicyclic) bond motifs is 14. The number of rotatable bonds is 1. The van der Waals surface area contributed by atoms with Gasteiger partial charge in [-0.25, -0.2) is 0 Å². The van der Waals surface area contributed by atoms with Crippen LogP contribution in [0.4, 0.5) is 17.1 Å². The lowest BCUT2D eigenvalue weighted by molar-refractivity contribution is 0.459. The van der Waals surface area contributed by atoms with Crippen molar-refractivity contribution in [1.29, 1.82) is 0 Å². The van der Waals surface area contributed by atoms with E-state index in [4.69, 9.17) is 9.47 Å². The van der Waals surface area contributed by atoms with Gasteiger partial charge in [-0.15, -0.1) is 0 Å². The minimum atomic E-state index is -0.0352. The second-order valence-electron chi connectivity index (χ2n) is 13.6. The summed E-state index contributed by atoms with van der Waals surface area (Å²) in [6.45, 7) is 2.20. The fourth-order valence-electron chi connectivity index (χ4n) is 9.41. The first kappa shape index (κ1) is 25.9. The first-order valence-electron chi connectivity index (χ1n) is 17.0. The van der Waals surface area contributed by atoms with Gasteiger partial charge in [-0.1, -0.05) is 91.0 Å². The van der Waals surface area contributed by atoms with Crippen molar-refractivity contribution in [2.45, 2.75) is 6.92 Å². The number of anilines is 3. The molecule has 12 rings (SSSR count). The Labute approximate surface area is 283 Å². The second-order valence-corrected chi connectivity index (χ2v) is 13.6. The normalized spacial score (nSPS) is 14.0. The largest absolute Gasteiger partial charge is 0.458 e. The smallest absolute Gasteiger partial charge is 0.257 e. The summed E-state index contributed by atoms with van der Waals surface area (Å²) in [7, 11) is 0. The molecule has 0 atom stereocenters. The van der Waals surface area contributed by atoms with E-state index < -0.39 is 0 Å². The topological polar surface area (TPSA) is 26.6 Å². The number of benzene rings is 7. The molecule has 0 radical (unpaired) electrons. The average Bonchev–Trinajstić information content (AvgIpc) is 3.50. The molecule has 0 unspecified atom stereocenters. The van der Waals surface area contributed by atoms with E-state index in [1.165, 1.54) is 71.6 Å². The Morgan fingerprint density at radius 3 is 1.88 bits per heavy atom. The zero-order valence-corrected chi connectivity index (χ0v) is 26.6. The standard InChI is InChI=1S/C43H26B2N2O2/c1-25-42-39-41-40-43(25)49-36-22-12-8-18-30(36)45(40)38-34(47(41)32-20-10-6-16-28(32)44(39)29-17-7-11-21-35(29)48-42)24-23-33-37(38)27-15-5-9-19-31(27)46(33)26-13-3-2-4-14-26/h2-24H,1H3. The van der Waals surface area contributed by atoms with E-state index in [-0.39, 0.29) is 13.4 Å². The van der Waals surface area contributed by atoms with Gasteiger partial charge in [0.25, 0.3) is 13.4 Å². The lowest BCUT2D eigenvalue weighted by Crippen LogP contribution is -2.67. The molecule has 7 aromatic carbocycles. The minimum absolute atomic E-state index is 0.0352.